The number of benzene rings is 1. The highest BCUT2D eigenvalue weighted by molar-refractivity contribution is 8.01. The number of carbonyl (C=O) groups is 4. The van der Waals surface area contributed by atoms with E-state index in [1.165, 1.54) is 81.6 Å². The van der Waals surface area contributed by atoms with E-state index in [2.05, 4.69) is 12.2 Å². The summed E-state index contributed by atoms with van der Waals surface area (Å²) >= 11 is 1.47. The minimum atomic E-state index is -0.997. The van der Waals surface area contributed by atoms with Gasteiger partial charge in [-0.05, 0) is 32.3 Å². The Bertz CT molecular complexity index is 1030. The van der Waals surface area contributed by atoms with Gasteiger partial charge in [-0.3, -0.25) is 9.59 Å². The summed E-state index contributed by atoms with van der Waals surface area (Å²) in [7, 11) is 1.29. The van der Waals surface area contributed by atoms with Crippen molar-refractivity contribution in [2.24, 2.45) is 0 Å². The Hall–Kier alpha value is -2.55. The van der Waals surface area contributed by atoms with Gasteiger partial charge in [0.2, 0.25) is 11.8 Å². The molecule has 2 heterocycles. The van der Waals surface area contributed by atoms with Gasteiger partial charge in [-0.15, -0.1) is 11.8 Å². The lowest BCUT2D eigenvalue weighted by molar-refractivity contribution is -0.175. The molecule has 0 aliphatic carbocycles. The molecule has 0 aromatic heterocycles. The number of nitrogens with zero attached hydrogens (tertiary/aromatic N) is 1. The number of ether oxygens (including phenoxy) is 2. The lowest BCUT2D eigenvalue weighted by Gasteiger charge is -2.44. The van der Waals surface area contributed by atoms with Crippen LogP contribution in [0.4, 0.5) is 0 Å². The molecule has 9 heteroatoms. The number of carbonyl (C=O) groups excluding carboxylic acids is 4. The van der Waals surface area contributed by atoms with Crippen LogP contribution in [-0.2, 0) is 35.1 Å². The van der Waals surface area contributed by atoms with Gasteiger partial charge in [0.25, 0.3) is 0 Å². The van der Waals surface area contributed by atoms with Gasteiger partial charge >= 0.3 is 11.9 Å². The van der Waals surface area contributed by atoms with E-state index in [1.807, 2.05) is 44.2 Å². The van der Waals surface area contributed by atoms with Crippen LogP contribution in [0.25, 0.3) is 0 Å². The summed E-state index contributed by atoms with van der Waals surface area (Å²) in [4.78, 5) is 53.1. The van der Waals surface area contributed by atoms with Crippen LogP contribution in [0.2, 0.25) is 0 Å². The number of thioether (sulfide) groups is 1. The summed E-state index contributed by atoms with van der Waals surface area (Å²) in [5, 5.41) is 2.48. The molecule has 0 bridgehead atoms. The molecule has 1 N–H and O–H groups in total. The summed E-state index contributed by atoms with van der Waals surface area (Å²) in [6.07, 6.45) is 14.0. The molecule has 2 amide bonds. The van der Waals surface area contributed by atoms with Gasteiger partial charge in [0.1, 0.15) is 17.5 Å². The predicted molar refractivity (Wildman–Crippen MR) is 166 cm³/mol. The minimum Gasteiger partial charge on any atom is -0.466 e. The van der Waals surface area contributed by atoms with E-state index in [1.54, 1.807) is 0 Å². The molecule has 0 saturated carbocycles. The zero-order chi connectivity index (χ0) is 30.5. The number of amides is 2. The molecular weight excluding hydrogens is 552 g/mol. The Balaban J connectivity index is 1.43. The zero-order valence-corrected chi connectivity index (χ0v) is 26.7. The summed E-state index contributed by atoms with van der Waals surface area (Å²) in [5.41, 5.74) is 0.863. The van der Waals surface area contributed by atoms with Crippen molar-refractivity contribution in [1.82, 2.24) is 10.2 Å². The van der Waals surface area contributed by atoms with Crippen LogP contribution in [0.5, 0.6) is 0 Å². The average Bonchev–Trinajstić information content (AvgIpc) is 3.23. The molecule has 42 heavy (non-hydrogen) atoms. The number of rotatable bonds is 19. The SMILES string of the molecule is CCCCCCCCCCCCCC[C@@H](OC(=O)[C@@H]1N2C(=O)[C@@H](NC(=O)Cc3ccccc3)[C@H]2SC1(C)C)C(=O)OC. The number of esters is 2. The van der Waals surface area contributed by atoms with Crippen molar-refractivity contribution in [3.8, 4) is 0 Å². The molecule has 0 spiro atoms. The molecule has 2 saturated heterocycles. The molecule has 1 aromatic carbocycles. The second-order valence-electron chi connectivity index (χ2n) is 12.1. The highest BCUT2D eigenvalue weighted by Crippen LogP contribution is 2.51. The molecule has 0 unspecified atom stereocenters. The van der Waals surface area contributed by atoms with Crippen molar-refractivity contribution >= 4 is 35.5 Å². The van der Waals surface area contributed by atoms with Gasteiger partial charge in [0.05, 0.1) is 13.5 Å². The first kappa shape index (κ1) is 33.9. The Morgan fingerprint density at radius 1 is 0.929 bits per heavy atom. The maximum absolute atomic E-state index is 13.4. The van der Waals surface area contributed by atoms with Crippen molar-refractivity contribution < 1.29 is 28.7 Å². The van der Waals surface area contributed by atoms with Crippen molar-refractivity contribution in [1.29, 1.82) is 0 Å². The first-order valence-corrected chi connectivity index (χ1v) is 16.7. The molecule has 8 nitrogen and oxygen atoms in total. The Kier molecular flexibility index (Phi) is 13.7. The lowest BCUT2D eigenvalue weighted by Crippen LogP contribution is -2.71. The highest BCUT2D eigenvalue weighted by atomic mass is 32.2. The van der Waals surface area contributed by atoms with Gasteiger partial charge in [-0.2, -0.15) is 0 Å². The maximum atomic E-state index is 13.4. The number of unbranched alkanes of at least 4 members (excludes halogenated alkanes) is 11. The number of hydrogen-bond donors (Lipinski definition) is 1. The fraction of sp³-hybridized carbons (Fsp3) is 0.697. The third-order valence-corrected chi connectivity index (χ3v) is 9.80. The van der Waals surface area contributed by atoms with E-state index in [0.29, 0.717) is 6.42 Å². The van der Waals surface area contributed by atoms with Crippen LogP contribution in [0.1, 0.15) is 110 Å². The molecule has 2 fully saturated rings. The van der Waals surface area contributed by atoms with E-state index in [9.17, 15) is 19.2 Å². The van der Waals surface area contributed by atoms with Crippen LogP contribution in [0.3, 0.4) is 0 Å². The number of nitrogens with one attached hydrogen (secondary N) is 1. The summed E-state index contributed by atoms with van der Waals surface area (Å²) in [6, 6.07) is 7.80. The number of methoxy groups -OCH3 is 1. The molecule has 2 aliphatic rings. The monoisotopic (exact) mass is 602 g/mol. The van der Waals surface area contributed by atoms with Crippen LogP contribution in [-0.4, -0.2) is 64.1 Å². The molecule has 4 atom stereocenters. The standard InChI is InChI=1S/C33H50N2O6S/c1-5-6-7-8-9-10-11-12-13-14-15-19-22-25(31(38)40-4)41-32(39)28-33(2,3)42-30-27(29(37)35(28)30)34-26(36)23-24-20-17-16-18-21-24/h16-18,20-21,25,27-28,30H,5-15,19,22-23H2,1-4H3,(H,34,36)/t25-,27-,28+,30-/m1/s1. The van der Waals surface area contributed by atoms with Crippen LogP contribution < -0.4 is 5.32 Å². The largest absolute Gasteiger partial charge is 0.466 e. The van der Waals surface area contributed by atoms with Crippen molar-refractivity contribution in [3.63, 3.8) is 0 Å². The lowest BCUT2D eigenvalue weighted by atomic mass is 9.95. The van der Waals surface area contributed by atoms with Crippen molar-refractivity contribution in [2.45, 2.75) is 139 Å². The third kappa shape index (κ3) is 9.48. The van der Waals surface area contributed by atoms with Crippen molar-refractivity contribution in [3.05, 3.63) is 35.9 Å². The van der Waals surface area contributed by atoms with E-state index in [4.69, 9.17) is 9.47 Å². The summed E-state index contributed by atoms with van der Waals surface area (Å²) in [5.74, 6) is -1.73. The van der Waals surface area contributed by atoms with Gasteiger partial charge < -0.3 is 19.7 Å². The molecular formula is C33H50N2O6S. The second-order valence-corrected chi connectivity index (χ2v) is 13.9. The number of fused-ring (bicyclic) bond motifs is 1. The number of β-lactam (4-membered cyclic amide) rings is 1. The molecule has 2 aliphatic heterocycles. The summed E-state index contributed by atoms with van der Waals surface area (Å²) < 4.78 is 9.99. The van der Waals surface area contributed by atoms with E-state index in [-0.39, 0.29) is 23.6 Å². The highest BCUT2D eigenvalue weighted by Gasteiger charge is 2.64. The third-order valence-electron chi connectivity index (χ3n) is 8.23. The fourth-order valence-electron chi connectivity index (χ4n) is 5.86. The molecule has 234 valence electrons. The minimum absolute atomic E-state index is 0.177. The quantitative estimate of drug-likeness (QED) is 0.119. The van der Waals surface area contributed by atoms with Crippen molar-refractivity contribution in [2.75, 3.05) is 7.11 Å². The Labute approximate surface area is 256 Å². The van der Waals surface area contributed by atoms with Crippen LogP contribution in [0, 0.1) is 0 Å². The van der Waals surface area contributed by atoms with Gasteiger partial charge in [-0.25, -0.2) is 9.59 Å². The normalized spacial score (nSPS) is 21.3. The van der Waals surface area contributed by atoms with E-state index < -0.39 is 34.9 Å². The number of hydrogen-bond acceptors (Lipinski definition) is 7. The molecule has 1 aromatic rings. The topological polar surface area (TPSA) is 102 Å². The average molecular weight is 603 g/mol. The van der Waals surface area contributed by atoms with Crippen LogP contribution >= 0.6 is 11.8 Å². The molecule has 3 rings (SSSR count). The zero-order valence-electron chi connectivity index (χ0n) is 25.9. The van der Waals surface area contributed by atoms with Crippen LogP contribution in [0.15, 0.2) is 30.3 Å². The fourth-order valence-corrected chi connectivity index (χ4v) is 7.48. The molecule has 0 radical (unpaired) electrons. The first-order chi connectivity index (χ1) is 20.2. The van der Waals surface area contributed by atoms with E-state index >= 15 is 0 Å². The Morgan fingerprint density at radius 2 is 1.50 bits per heavy atom. The van der Waals surface area contributed by atoms with E-state index in [0.717, 1.165) is 24.8 Å². The first-order valence-electron chi connectivity index (χ1n) is 15.8. The van der Waals surface area contributed by atoms with Gasteiger partial charge in [0, 0.05) is 4.75 Å². The summed E-state index contributed by atoms with van der Waals surface area (Å²) in [6.45, 7) is 6.01. The van der Waals surface area contributed by atoms with Gasteiger partial charge in [-0.1, -0.05) is 108 Å². The predicted octanol–water partition coefficient (Wildman–Crippen LogP) is 5.95. The smallest absolute Gasteiger partial charge is 0.347 e. The Morgan fingerprint density at radius 3 is 2.07 bits per heavy atom. The van der Waals surface area contributed by atoms with Gasteiger partial charge in [0.15, 0.2) is 6.10 Å². The maximum Gasteiger partial charge on any atom is 0.347 e. The second kappa shape index (κ2) is 16.9.